The van der Waals surface area contributed by atoms with E-state index in [1.54, 1.807) is 18.3 Å². The summed E-state index contributed by atoms with van der Waals surface area (Å²) in [4.78, 5) is 4.08. The van der Waals surface area contributed by atoms with Gasteiger partial charge in [-0.05, 0) is 29.2 Å². The number of alkyl halides is 3. The van der Waals surface area contributed by atoms with Crippen molar-refractivity contribution < 1.29 is 13.2 Å². The highest BCUT2D eigenvalue weighted by Gasteiger charge is 2.37. The van der Waals surface area contributed by atoms with Gasteiger partial charge in [-0.3, -0.25) is 4.98 Å². The lowest BCUT2D eigenvalue weighted by Crippen LogP contribution is -2.28. The minimum atomic E-state index is -4.44. The summed E-state index contributed by atoms with van der Waals surface area (Å²) in [7, 11) is 0. The number of fused-ring (bicyclic) bond motifs is 1. The summed E-state index contributed by atoms with van der Waals surface area (Å²) in [6.45, 7) is 3.57. The molecule has 1 heterocycles. The molecule has 2 nitrogen and oxygen atoms in total. The number of aromatic nitrogens is 1. The van der Waals surface area contributed by atoms with E-state index in [4.69, 9.17) is 5.73 Å². The molecule has 0 bridgehead atoms. The Balaban J connectivity index is 2.52. The summed E-state index contributed by atoms with van der Waals surface area (Å²) in [5.41, 5.74) is 5.82. The van der Waals surface area contributed by atoms with Crippen LogP contribution in [0.1, 0.15) is 17.3 Å². The number of hydrogen-bond donors (Lipinski definition) is 1. The summed E-state index contributed by atoms with van der Waals surface area (Å²) >= 11 is 0. The maximum absolute atomic E-state index is 12.5. The number of halogens is 3. The lowest BCUT2D eigenvalue weighted by molar-refractivity contribution is -0.149. The van der Waals surface area contributed by atoms with Gasteiger partial charge in [0.25, 0.3) is 0 Å². The molecule has 1 aromatic heterocycles. The average molecular weight is 252 g/mol. The molecule has 2 aromatic rings. The van der Waals surface area contributed by atoms with E-state index in [2.05, 4.69) is 11.6 Å². The Hall–Kier alpha value is -1.88. The van der Waals surface area contributed by atoms with Crippen LogP contribution in [0.25, 0.3) is 16.8 Å². The molecular weight excluding hydrogens is 241 g/mol. The van der Waals surface area contributed by atoms with E-state index in [1.807, 2.05) is 0 Å². The summed E-state index contributed by atoms with van der Waals surface area (Å²) < 4.78 is 37.6. The fourth-order valence-electron chi connectivity index (χ4n) is 1.67. The SMILES string of the molecule is C=Cc1cc2cc([C@H](N)C(F)(F)F)ccc2cn1. The third-order valence-electron chi connectivity index (χ3n) is 2.69. The van der Waals surface area contributed by atoms with Gasteiger partial charge in [0.05, 0.1) is 5.69 Å². The molecule has 0 fully saturated rings. The highest BCUT2D eigenvalue weighted by molar-refractivity contribution is 5.83. The first-order valence-electron chi connectivity index (χ1n) is 5.26. The van der Waals surface area contributed by atoms with Gasteiger partial charge in [0.15, 0.2) is 0 Å². The van der Waals surface area contributed by atoms with E-state index in [9.17, 15) is 13.2 Å². The maximum atomic E-state index is 12.5. The highest BCUT2D eigenvalue weighted by atomic mass is 19.4. The van der Waals surface area contributed by atoms with E-state index in [0.29, 0.717) is 11.1 Å². The zero-order chi connectivity index (χ0) is 13.3. The van der Waals surface area contributed by atoms with Crippen molar-refractivity contribution in [3.63, 3.8) is 0 Å². The minimum Gasteiger partial charge on any atom is -0.316 e. The molecule has 94 valence electrons. The van der Waals surface area contributed by atoms with Gasteiger partial charge in [0.2, 0.25) is 0 Å². The van der Waals surface area contributed by atoms with Crippen LogP contribution >= 0.6 is 0 Å². The molecular formula is C13H11F3N2. The molecule has 0 amide bonds. The van der Waals surface area contributed by atoms with Crippen molar-refractivity contribution in [3.8, 4) is 0 Å². The first kappa shape index (κ1) is 12.6. The van der Waals surface area contributed by atoms with Gasteiger partial charge in [-0.2, -0.15) is 13.2 Å². The van der Waals surface area contributed by atoms with E-state index in [-0.39, 0.29) is 5.56 Å². The van der Waals surface area contributed by atoms with Crippen molar-refractivity contribution in [2.24, 2.45) is 5.73 Å². The molecule has 0 saturated heterocycles. The van der Waals surface area contributed by atoms with Crippen LogP contribution in [0.4, 0.5) is 13.2 Å². The van der Waals surface area contributed by atoms with Gasteiger partial charge in [0, 0.05) is 11.6 Å². The Morgan fingerprint density at radius 2 is 1.94 bits per heavy atom. The number of nitrogens with two attached hydrogens (primary N) is 1. The number of nitrogens with zero attached hydrogens (tertiary/aromatic N) is 1. The van der Waals surface area contributed by atoms with Crippen LogP contribution in [0.2, 0.25) is 0 Å². The standard InChI is InChI=1S/C13H11F3N2/c1-2-11-6-10-5-8(12(17)13(14,15)16)3-4-9(10)7-18-11/h2-7,12H,1,17H2/t12-/m0/s1. The number of hydrogen-bond acceptors (Lipinski definition) is 2. The quantitative estimate of drug-likeness (QED) is 0.889. The molecule has 5 heteroatoms. The minimum absolute atomic E-state index is 0.0382. The normalized spacial score (nSPS) is 13.6. The fourth-order valence-corrected chi connectivity index (χ4v) is 1.67. The fraction of sp³-hybridized carbons (Fsp3) is 0.154. The Kier molecular flexibility index (Phi) is 3.09. The Morgan fingerprint density at radius 1 is 1.22 bits per heavy atom. The molecule has 18 heavy (non-hydrogen) atoms. The van der Waals surface area contributed by atoms with Crippen LogP contribution in [0.3, 0.4) is 0 Å². The van der Waals surface area contributed by atoms with E-state index in [1.165, 1.54) is 18.2 Å². The zero-order valence-electron chi connectivity index (χ0n) is 9.41. The topological polar surface area (TPSA) is 38.9 Å². The second-order valence-electron chi connectivity index (χ2n) is 3.94. The lowest BCUT2D eigenvalue weighted by atomic mass is 10.0. The molecule has 0 unspecified atom stereocenters. The summed E-state index contributed by atoms with van der Waals surface area (Å²) in [5.74, 6) is 0. The average Bonchev–Trinajstić information content (AvgIpc) is 2.35. The molecule has 0 aliphatic heterocycles. The van der Waals surface area contributed by atoms with Crippen molar-refractivity contribution in [2.45, 2.75) is 12.2 Å². The molecule has 0 saturated carbocycles. The predicted molar refractivity (Wildman–Crippen MR) is 64.8 cm³/mol. The van der Waals surface area contributed by atoms with Crippen molar-refractivity contribution >= 4 is 16.8 Å². The van der Waals surface area contributed by atoms with Crippen LogP contribution in [0.5, 0.6) is 0 Å². The smallest absolute Gasteiger partial charge is 0.316 e. The summed E-state index contributed by atoms with van der Waals surface area (Å²) in [6.07, 6.45) is -1.31. The van der Waals surface area contributed by atoms with Crippen LogP contribution < -0.4 is 5.73 Å². The molecule has 1 atom stereocenters. The second kappa shape index (κ2) is 4.42. The molecule has 0 radical (unpaired) electrons. The Bertz CT molecular complexity index is 590. The maximum Gasteiger partial charge on any atom is 0.407 e. The molecule has 1 aromatic carbocycles. The Morgan fingerprint density at radius 3 is 2.56 bits per heavy atom. The first-order chi connectivity index (χ1) is 8.41. The van der Waals surface area contributed by atoms with Gasteiger partial charge >= 0.3 is 6.18 Å². The van der Waals surface area contributed by atoms with Crippen molar-refractivity contribution in [1.82, 2.24) is 4.98 Å². The first-order valence-corrected chi connectivity index (χ1v) is 5.26. The van der Waals surface area contributed by atoms with E-state index in [0.717, 1.165) is 5.39 Å². The third-order valence-corrected chi connectivity index (χ3v) is 2.69. The van der Waals surface area contributed by atoms with Crippen molar-refractivity contribution in [1.29, 1.82) is 0 Å². The van der Waals surface area contributed by atoms with Crippen LogP contribution in [-0.2, 0) is 0 Å². The van der Waals surface area contributed by atoms with Gasteiger partial charge in [-0.25, -0.2) is 0 Å². The van der Waals surface area contributed by atoms with E-state index >= 15 is 0 Å². The second-order valence-corrected chi connectivity index (χ2v) is 3.94. The van der Waals surface area contributed by atoms with Gasteiger partial charge in [-0.15, -0.1) is 0 Å². The largest absolute Gasteiger partial charge is 0.407 e. The zero-order valence-corrected chi connectivity index (χ0v) is 9.41. The van der Waals surface area contributed by atoms with Crippen molar-refractivity contribution in [3.05, 3.63) is 48.3 Å². The van der Waals surface area contributed by atoms with Crippen LogP contribution in [0, 0.1) is 0 Å². The third kappa shape index (κ3) is 2.36. The molecule has 2 N–H and O–H groups in total. The van der Waals surface area contributed by atoms with Crippen LogP contribution in [0.15, 0.2) is 37.0 Å². The molecule has 0 aliphatic carbocycles. The monoisotopic (exact) mass is 252 g/mol. The summed E-state index contributed by atoms with van der Waals surface area (Å²) in [6, 6.07) is 4.09. The predicted octanol–water partition coefficient (Wildman–Crippen LogP) is 3.44. The van der Waals surface area contributed by atoms with E-state index < -0.39 is 12.2 Å². The molecule has 0 spiro atoms. The number of pyridine rings is 1. The molecule has 2 rings (SSSR count). The van der Waals surface area contributed by atoms with Gasteiger partial charge in [-0.1, -0.05) is 18.7 Å². The Labute approximate surface area is 102 Å². The number of benzene rings is 1. The number of rotatable bonds is 2. The van der Waals surface area contributed by atoms with Crippen molar-refractivity contribution in [2.75, 3.05) is 0 Å². The van der Waals surface area contributed by atoms with Gasteiger partial charge < -0.3 is 5.73 Å². The lowest BCUT2D eigenvalue weighted by Gasteiger charge is -2.16. The highest BCUT2D eigenvalue weighted by Crippen LogP contribution is 2.31. The van der Waals surface area contributed by atoms with Crippen LogP contribution in [-0.4, -0.2) is 11.2 Å². The molecule has 0 aliphatic rings. The van der Waals surface area contributed by atoms with Gasteiger partial charge in [0.1, 0.15) is 6.04 Å². The summed E-state index contributed by atoms with van der Waals surface area (Å²) in [5, 5.41) is 1.43.